The van der Waals surface area contributed by atoms with E-state index in [2.05, 4.69) is 56.4 Å². The molecule has 2 rings (SSSR count). The predicted octanol–water partition coefficient (Wildman–Crippen LogP) is 3.59. The van der Waals surface area contributed by atoms with Crippen LogP contribution in [-0.2, 0) is 13.1 Å². The van der Waals surface area contributed by atoms with Crippen molar-refractivity contribution in [2.24, 2.45) is 5.92 Å². The van der Waals surface area contributed by atoms with Gasteiger partial charge < -0.3 is 9.88 Å². The number of nitrogens with one attached hydrogen (secondary N) is 1. The van der Waals surface area contributed by atoms with Gasteiger partial charge in [0.25, 0.3) is 5.56 Å². The van der Waals surface area contributed by atoms with Crippen molar-refractivity contribution in [2.75, 3.05) is 6.54 Å². The molecule has 1 N–H and O–H groups in total. The Morgan fingerprint density at radius 1 is 1.09 bits per heavy atom. The Balaban J connectivity index is 2.32. The third-order valence-corrected chi connectivity index (χ3v) is 3.78. The Morgan fingerprint density at radius 2 is 1.77 bits per heavy atom. The minimum Gasteiger partial charge on any atom is -0.312 e. The number of aromatic nitrogens is 1. The number of hydrogen-bond acceptors (Lipinski definition) is 2. The van der Waals surface area contributed by atoms with E-state index in [0.717, 1.165) is 23.4 Å². The number of aryl methyl sites for hydroxylation is 1. The highest BCUT2D eigenvalue weighted by Gasteiger charge is 2.09. The van der Waals surface area contributed by atoms with Gasteiger partial charge in [-0.2, -0.15) is 0 Å². The first-order chi connectivity index (χ1) is 10.5. The van der Waals surface area contributed by atoms with Crippen molar-refractivity contribution in [1.82, 2.24) is 9.88 Å². The van der Waals surface area contributed by atoms with Gasteiger partial charge >= 0.3 is 0 Å². The maximum atomic E-state index is 12.7. The monoisotopic (exact) mass is 298 g/mol. The molecule has 0 radical (unpaired) electrons. The molecule has 0 unspecified atom stereocenters. The SMILES string of the molecule is CCn1c(-c2ccc(C)cc2)ccc(CNCC(C)C)c1=O. The van der Waals surface area contributed by atoms with Crippen LogP contribution in [0, 0.1) is 12.8 Å². The van der Waals surface area contributed by atoms with Gasteiger partial charge in [-0.15, -0.1) is 0 Å². The molecular weight excluding hydrogens is 272 g/mol. The summed E-state index contributed by atoms with van der Waals surface area (Å²) in [6.07, 6.45) is 0. The lowest BCUT2D eigenvalue weighted by molar-refractivity contribution is 0.548. The summed E-state index contributed by atoms with van der Waals surface area (Å²) in [5, 5.41) is 3.35. The molecule has 0 aliphatic carbocycles. The Labute approximate surface area is 133 Å². The topological polar surface area (TPSA) is 34.0 Å². The molecular formula is C19H26N2O. The summed E-state index contributed by atoms with van der Waals surface area (Å²) in [6.45, 7) is 10.6. The van der Waals surface area contributed by atoms with Crippen LogP contribution in [0.5, 0.6) is 0 Å². The summed E-state index contributed by atoms with van der Waals surface area (Å²) in [6, 6.07) is 12.3. The van der Waals surface area contributed by atoms with Gasteiger partial charge in [0.05, 0.1) is 5.69 Å². The summed E-state index contributed by atoms with van der Waals surface area (Å²) in [5.41, 5.74) is 4.24. The van der Waals surface area contributed by atoms with Gasteiger partial charge in [0.1, 0.15) is 0 Å². The van der Waals surface area contributed by atoms with E-state index in [9.17, 15) is 4.79 Å². The second kappa shape index (κ2) is 7.41. The van der Waals surface area contributed by atoms with Gasteiger partial charge in [-0.1, -0.05) is 49.7 Å². The van der Waals surface area contributed by atoms with E-state index < -0.39 is 0 Å². The lowest BCUT2D eigenvalue weighted by Gasteiger charge is -2.14. The molecule has 0 fully saturated rings. The Morgan fingerprint density at radius 3 is 2.36 bits per heavy atom. The highest BCUT2D eigenvalue weighted by molar-refractivity contribution is 5.60. The lowest BCUT2D eigenvalue weighted by atomic mass is 10.1. The Bertz CT molecular complexity index is 669. The van der Waals surface area contributed by atoms with Crippen molar-refractivity contribution in [3.05, 3.63) is 57.9 Å². The van der Waals surface area contributed by atoms with Gasteiger partial charge in [-0.05, 0) is 37.9 Å². The molecule has 3 nitrogen and oxygen atoms in total. The number of nitrogens with zero attached hydrogens (tertiary/aromatic N) is 1. The van der Waals surface area contributed by atoms with E-state index in [1.54, 1.807) is 0 Å². The summed E-state index contributed by atoms with van der Waals surface area (Å²) in [5.74, 6) is 0.584. The molecule has 0 spiro atoms. The van der Waals surface area contributed by atoms with Crippen LogP contribution in [0.15, 0.2) is 41.2 Å². The van der Waals surface area contributed by atoms with Crippen molar-refractivity contribution in [1.29, 1.82) is 0 Å². The molecule has 0 saturated heterocycles. The zero-order chi connectivity index (χ0) is 16.1. The number of hydrogen-bond donors (Lipinski definition) is 1. The number of benzene rings is 1. The second-order valence-corrected chi connectivity index (χ2v) is 6.18. The van der Waals surface area contributed by atoms with Crippen molar-refractivity contribution in [3.63, 3.8) is 0 Å². The second-order valence-electron chi connectivity index (χ2n) is 6.18. The first kappa shape index (κ1) is 16.5. The molecule has 0 atom stereocenters. The fourth-order valence-corrected chi connectivity index (χ4v) is 2.54. The summed E-state index contributed by atoms with van der Waals surface area (Å²) >= 11 is 0. The molecule has 3 heteroatoms. The van der Waals surface area contributed by atoms with Crippen LogP contribution < -0.4 is 10.9 Å². The number of rotatable bonds is 6. The largest absolute Gasteiger partial charge is 0.312 e. The minimum atomic E-state index is 0.108. The molecule has 1 aromatic carbocycles. The summed E-state index contributed by atoms with van der Waals surface area (Å²) in [7, 11) is 0. The Kier molecular flexibility index (Phi) is 5.56. The summed E-state index contributed by atoms with van der Waals surface area (Å²) in [4.78, 5) is 12.7. The molecule has 22 heavy (non-hydrogen) atoms. The van der Waals surface area contributed by atoms with Crippen molar-refractivity contribution in [2.45, 2.75) is 40.8 Å². The van der Waals surface area contributed by atoms with Crippen LogP contribution in [0.2, 0.25) is 0 Å². The smallest absolute Gasteiger partial charge is 0.255 e. The summed E-state index contributed by atoms with van der Waals surface area (Å²) < 4.78 is 1.86. The van der Waals surface area contributed by atoms with E-state index in [0.29, 0.717) is 19.0 Å². The van der Waals surface area contributed by atoms with Gasteiger partial charge in [0.15, 0.2) is 0 Å². The maximum Gasteiger partial charge on any atom is 0.255 e. The number of pyridine rings is 1. The van der Waals surface area contributed by atoms with Gasteiger partial charge in [0.2, 0.25) is 0 Å². The molecule has 0 amide bonds. The lowest BCUT2D eigenvalue weighted by Crippen LogP contribution is -2.29. The van der Waals surface area contributed by atoms with Crippen LogP contribution in [-0.4, -0.2) is 11.1 Å². The van der Waals surface area contributed by atoms with E-state index in [-0.39, 0.29) is 5.56 Å². The van der Waals surface area contributed by atoms with E-state index in [1.165, 1.54) is 5.56 Å². The zero-order valence-corrected chi connectivity index (χ0v) is 14.0. The molecule has 0 aliphatic rings. The molecule has 0 bridgehead atoms. The molecule has 2 aromatic rings. The fraction of sp³-hybridized carbons (Fsp3) is 0.421. The van der Waals surface area contributed by atoms with Crippen molar-refractivity contribution >= 4 is 0 Å². The standard InChI is InChI=1S/C19H26N2O/c1-5-21-18(16-8-6-15(4)7-9-16)11-10-17(19(21)22)13-20-12-14(2)3/h6-11,14,20H,5,12-13H2,1-4H3. The van der Waals surface area contributed by atoms with Crippen molar-refractivity contribution in [3.8, 4) is 11.3 Å². The third kappa shape index (κ3) is 3.86. The van der Waals surface area contributed by atoms with Crippen LogP contribution in [0.3, 0.4) is 0 Å². The first-order valence-corrected chi connectivity index (χ1v) is 8.03. The van der Waals surface area contributed by atoms with Crippen LogP contribution in [0.25, 0.3) is 11.3 Å². The van der Waals surface area contributed by atoms with Crippen LogP contribution in [0.4, 0.5) is 0 Å². The van der Waals surface area contributed by atoms with E-state index in [1.807, 2.05) is 17.6 Å². The maximum absolute atomic E-state index is 12.7. The molecule has 118 valence electrons. The minimum absolute atomic E-state index is 0.108. The zero-order valence-electron chi connectivity index (χ0n) is 14.0. The third-order valence-electron chi connectivity index (χ3n) is 3.78. The average Bonchev–Trinajstić information content (AvgIpc) is 2.49. The van der Waals surface area contributed by atoms with Crippen LogP contribution in [0.1, 0.15) is 31.9 Å². The molecule has 0 aliphatic heterocycles. The van der Waals surface area contributed by atoms with Gasteiger partial charge in [-0.3, -0.25) is 4.79 Å². The molecule has 1 aromatic heterocycles. The fourth-order valence-electron chi connectivity index (χ4n) is 2.54. The van der Waals surface area contributed by atoms with E-state index >= 15 is 0 Å². The normalized spacial score (nSPS) is 11.1. The first-order valence-electron chi connectivity index (χ1n) is 8.03. The average molecular weight is 298 g/mol. The van der Waals surface area contributed by atoms with Crippen LogP contribution >= 0.6 is 0 Å². The van der Waals surface area contributed by atoms with Gasteiger partial charge in [-0.25, -0.2) is 0 Å². The van der Waals surface area contributed by atoms with Crippen molar-refractivity contribution < 1.29 is 0 Å². The Hall–Kier alpha value is -1.87. The van der Waals surface area contributed by atoms with Gasteiger partial charge in [0, 0.05) is 18.7 Å². The quantitative estimate of drug-likeness (QED) is 0.884. The molecule has 1 heterocycles. The highest BCUT2D eigenvalue weighted by atomic mass is 16.1. The highest BCUT2D eigenvalue weighted by Crippen LogP contribution is 2.19. The molecule has 0 saturated carbocycles. The predicted molar refractivity (Wildman–Crippen MR) is 93.1 cm³/mol. The van der Waals surface area contributed by atoms with E-state index in [4.69, 9.17) is 0 Å².